The SMILES string of the molecule is CCCCCCOc1csc(C(=O)O)c1. The minimum absolute atomic E-state index is 0.332. The largest absolute Gasteiger partial charge is 0.493 e. The Morgan fingerprint density at radius 1 is 1.47 bits per heavy atom. The Morgan fingerprint density at radius 3 is 2.87 bits per heavy atom. The molecule has 3 nitrogen and oxygen atoms in total. The number of ether oxygens (including phenoxy) is 1. The molecule has 0 bridgehead atoms. The molecule has 84 valence electrons. The minimum Gasteiger partial charge on any atom is -0.493 e. The van der Waals surface area contributed by atoms with Crippen molar-refractivity contribution in [2.24, 2.45) is 0 Å². The summed E-state index contributed by atoms with van der Waals surface area (Å²) >= 11 is 1.20. The van der Waals surface area contributed by atoms with Crippen molar-refractivity contribution < 1.29 is 14.6 Å². The zero-order valence-electron chi connectivity index (χ0n) is 8.86. The van der Waals surface area contributed by atoms with Crippen molar-refractivity contribution in [2.75, 3.05) is 6.61 Å². The van der Waals surface area contributed by atoms with Gasteiger partial charge in [-0.15, -0.1) is 11.3 Å². The molecule has 0 aliphatic rings. The summed E-state index contributed by atoms with van der Waals surface area (Å²) in [5, 5.41) is 10.4. The van der Waals surface area contributed by atoms with Crippen LogP contribution in [0.2, 0.25) is 0 Å². The molecule has 0 unspecified atom stereocenters. The molecule has 0 aliphatic heterocycles. The van der Waals surface area contributed by atoms with Gasteiger partial charge in [0.15, 0.2) is 0 Å². The highest BCUT2D eigenvalue weighted by Crippen LogP contribution is 2.21. The number of carbonyl (C=O) groups is 1. The summed E-state index contributed by atoms with van der Waals surface area (Å²) in [6.45, 7) is 2.84. The molecular formula is C11H16O3S. The molecule has 0 saturated heterocycles. The molecule has 15 heavy (non-hydrogen) atoms. The van der Waals surface area contributed by atoms with E-state index < -0.39 is 5.97 Å². The summed E-state index contributed by atoms with van der Waals surface area (Å²) in [4.78, 5) is 10.9. The Morgan fingerprint density at radius 2 is 2.27 bits per heavy atom. The van der Waals surface area contributed by atoms with E-state index in [-0.39, 0.29) is 0 Å². The minimum atomic E-state index is -0.888. The molecule has 1 rings (SSSR count). The van der Waals surface area contributed by atoms with E-state index in [0.29, 0.717) is 17.2 Å². The Kier molecular flexibility index (Phi) is 5.18. The average molecular weight is 228 g/mol. The summed E-state index contributed by atoms with van der Waals surface area (Å²) in [5.41, 5.74) is 0. The molecule has 0 saturated carbocycles. The lowest BCUT2D eigenvalue weighted by atomic mass is 10.2. The molecule has 0 aliphatic carbocycles. The number of aromatic carboxylic acids is 1. The van der Waals surface area contributed by atoms with Gasteiger partial charge in [0.1, 0.15) is 10.6 Å². The van der Waals surface area contributed by atoms with Crippen LogP contribution in [0, 0.1) is 0 Å². The highest BCUT2D eigenvalue weighted by Gasteiger charge is 2.06. The molecule has 0 amide bonds. The van der Waals surface area contributed by atoms with Crippen molar-refractivity contribution in [3.8, 4) is 5.75 Å². The average Bonchev–Trinajstić information content (AvgIpc) is 2.66. The summed E-state index contributed by atoms with van der Waals surface area (Å²) in [7, 11) is 0. The van der Waals surface area contributed by atoms with Crippen molar-refractivity contribution in [3.05, 3.63) is 16.3 Å². The molecule has 4 heteroatoms. The van der Waals surface area contributed by atoms with Crippen molar-refractivity contribution in [1.82, 2.24) is 0 Å². The van der Waals surface area contributed by atoms with Crippen LogP contribution in [0.3, 0.4) is 0 Å². The van der Waals surface area contributed by atoms with E-state index in [1.54, 1.807) is 11.4 Å². The second-order valence-corrected chi connectivity index (χ2v) is 4.27. The third kappa shape index (κ3) is 4.34. The molecule has 0 aromatic carbocycles. The van der Waals surface area contributed by atoms with E-state index in [9.17, 15) is 4.79 Å². The number of hydrogen-bond acceptors (Lipinski definition) is 3. The molecule has 1 aromatic rings. The molecule has 0 atom stereocenters. The van der Waals surface area contributed by atoms with Crippen LogP contribution in [0.5, 0.6) is 5.75 Å². The maximum atomic E-state index is 10.6. The Labute approximate surface area is 93.7 Å². The number of carboxylic acid groups (broad SMARTS) is 1. The van der Waals surface area contributed by atoms with E-state index in [2.05, 4.69) is 6.92 Å². The quantitative estimate of drug-likeness (QED) is 0.727. The molecule has 0 fully saturated rings. The molecule has 1 N–H and O–H groups in total. The first-order valence-corrected chi connectivity index (χ1v) is 6.06. The van der Waals surface area contributed by atoms with E-state index in [1.807, 2.05) is 0 Å². The van der Waals surface area contributed by atoms with Gasteiger partial charge in [0.2, 0.25) is 0 Å². The van der Waals surface area contributed by atoms with Gasteiger partial charge in [-0.1, -0.05) is 26.2 Å². The van der Waals surface area contributed by atoms with Gasteiger partial charge in [0.05, 0.1) is 6.61 Å². The topological polar surface area (TPSA) is 46.5 Å². The lowest BCUT2D eigenvalue weighted by molar-refractivity contribution is 0.0702. The zero-order valence-corrected chi connectivity index (χ0v) is 9.68. The summed E-state index contributed by atoms with van der Waals surface area (Å²) in [6, 6.07) is 1.58. The number of carboxylic acids is 1. The zero-order chi connectivity index (χ0) is 11.1. The lowest BCUT2D eigenvalue weighted by Crippen LogP contribution is -1.96. The number of thiophene rings is 1. The molecule has 1 heterocycles. The molecule has 0 spiro atoms. The molecule has 0 radical (unpaired) electrons. The van der Waals surface area contributed by atoms with Crippen LogP contribution in [0.4, 0.5) is 0 Å². The second kappa shape index (κ2) is 6.45. The van der Waals surface area contributed by atoms with Gasteiger partial charge in [-0.2, -0.15) is 0 Å². The highest BCUT2D eigenvalue weighted by molar-refractivity contribution is 7.12. The normalized spacial score (nSPS) is 10.2. The van der Waals surface area contributed by atoms with E-state index in [0.717, 1.165) is 6.42 Å². The van der Waals surface area contributed by atoms with Gasteiger partial charge in [0.25, 0.3) is 0 Å². The van der Waals surface area contributed by atoms with Crippen molar-refractivity contribution in [1.29, 1.82) is 0 Å². The Hall–Kier alpha value is -1.03. The fraction of sp³-hybridized carbons (Fsp3) is 0.545. The monoisotopic (exact) mass is 228 g/mol. The van der Waals surface area contributed by atoms with Gasteiger partial charge >= 0.3 is 5.97 Å². The first kappa shape index (κ1) is 12.0. The smallest absolute Gasteiger partial charge is 0.346 e. The predicted molar refractivity (Wildman–Crippen MR) is 60.9 cm³/mol. The fourth-order valence-electron chi connectivity index (χ4n) is 1.23. The van der Waals surface area contributed by atoms with Crippen LogP contribution in [-0.4, -0.2) is 17.7 Å². The van der Waals surface area contributed by atoms with E-state index in [1.165, 1.54) is 30.6 Å². The number of rotatable bonds is 7. The van der Waals surface area contributed by atoms with Crippen LogP contribution < -0.4 is 4.74 Å². The first-order valence-electron chi connectivity index (χ1n) is 5.18. The van der Waals surface area contributed by atoms with Crippen molar-refractivity contribution in [2.45, 2.75) is 32.6 Å². The van der Waals surface area contributed by atoms with Crippen LogP contribution >= 0.6 is 11.3 Å². The van der Waals surface area contributed by atoms with Gasteiger partial charge in [-0.3, -0.25) is 0 Å². The molecule has 1 aromatic heterocycles. The van der Waals surface area contributed by atoms with Crippen molar-refractivity contribution >= 4 is 17.3 Å². The van der Waals surface area contributed by atoms with Gasteiger partial charge in [-0.05, 0) is 6.42 Å². The summed E-state index contributed by atoms with van der Waals surface area (Å²) in [5.74, 6) is -0.213. The van der Waals surface area contributed by atoms with Crippen LogP contribution in [-0.2, 0) is 0 Å². The lowest BCUT2D eigenvalue weighted by Gasteiger charge is -2.02. The second-order valence-electron chi connectivity index (χ2n) is 3.36. The molecular weight excluding hydrogens is 212 g/mol. The van der Waals surface area contributed by atoms with Crippen LogP contribution in [0.15, 0.2) is 11.4 Å². The van der Waals surface area contributed by atoms with Crippen LogP contribution in [0.1, 0.15) is 42.3 Å². The third-order valence-electron chi connectivity index (χ3n) is 2.05. The maximum absolute atomic E-state index is 10.6. The van der Waals surface area contributed by atoms with Gasteiger partial charge < -0.3 is 9.84 Å². The number of unbranched alkanes of at least 4 members (excludes halogenated alkanes) is 3. The highest BCUT2D eigenvalue weighted by atomic mass is 32.1. The first-order chi connectivity index (χ1) is 7.24. The Bertz CT molecular complexity index is 307. The third-order valence-corrected chi connectivity index (χ3v) is 2.95. The standard InChI is InChI=1S/C11H16O3S/c1-2-3-4-5-6-14-9-7-10(11(12)13)15-8-9/h7-8H,2-6H2,1H3,(H,12,13). The predicted octanol–water partition coefficient (Wildman–Crippen LogP) is 3.41. The Balaban J connectivity index is 2.23. The maximum Gasteiger partial charge on any atom is 0.346 e. The number of hydrogen-bond donors (Lipinski definition) is 1. The van der Waals surface area contributed by atoms with E-state index in [4.69, 9.17) is 9.84 Å². The summed E-state index contributed by atoms with van der Waals surface area (Å²) < 4.78 is 5.43. The fourth-order valence-corrected chi connectivity index (χ4v) is 1.89. The van der Waals surface area contributed by atoms with Gasteiger partial charge in [0, 0.05) is 11.4 Å². The van der Waals surface area contributed by atoms with Crippen LogP contribution in [0.25, 0.3) is 0 Å². The van der Waals surface area contributed by atoms with E-state index >= 15 is 0 Å². The van der Waals surface area contributed by atoms with Crippen molar-refractivity contribution in [3.63, 3.8) is 0 Å². The summed E-state index contributed by atoms with van der Waals surface area (Å²) in [6.07, 6.45) is 4.65. The van der Waals surface area contributed by atoms with Gasteiger partial charge in [-0.25, -0.2) is 4.79 Å².